The lowest BCUT2D eigenvalue weighted by Gasteiger charge is -2.38. The number of hydrazone groups is 1. The van der Waals surface area contributed by atoms with Crippen LogP contribution in [0.3, 0.4) is 0 Å². The Bertz CT molecular complexity index is 1100. The molecule has 0 unspecified atom stereocenters. The maximum Gasteiger partial charge on any atom is 0.213 e. The monoisotopic (exact) mass is 490 g/mol. The van der Waals surface area contributed by atoms with Gasteiger partial charge in [-0.25, -0.2) is 5.01 Å². The summed E-state index contributed by atoms with van der Waals surface area (Å²) in [5.74, 6) is 1.82. The Labute approximate surface area is 198 Å². The molecule has 2 aliphatic heterocycles. The van der Waals surface area contributed by atoms with E-state index in [1.54, 1.807) is 0 Å². The Hall–Kier alpha value is -2.79. The molecular weight excluding hydrogens is 464 g/mol. The average molecular weight is 491 g/mol. The van der Waals surface area contributed by atoms with E-state index in [1.807, 2.05) is 24.3 Å². The summed E-state index contributed by atoms with van der Waals surface area (Å²) in [4.78, 5) is 0. The molecule has 0 bridgehead atoms. The van der Waals surface area contributed by atoms with E-state index in [0.29, 0.717) is 0 Å². The van der Waals surface area contributed by atoms with Crippen molar-refractivity contribution in [2.24, 2.45) is 5.10 Å². The highest BCUT2D eigenvalue weighted by atomic mass is 79.9. The molecule has 0 radical (unpaired) electrons. The van der Waals surface area contributed by atoms with Crippen molar-refractivity contribution in [3.05, 3.63) is 94.0 Å². The fourth-order valence-corrected chi connectivity index (χ4v) is 4.73. The fourth-order valence-electron chi connectivity index (χ4n) is 4.35. The van der Waals surface area contributed by atoms with Gasteiger partial charge in [0.1, 0.15) is 11.5 Å². The predicted octanol–water partition coefficient (Wildman–Crippen LogP) is 7.26. The van der Waals surface area contributed by atoms with Crippen molar-refractivity contribution in [1.29, 1.82) is 0 Å². The molecule has 0 fully saturated rings. The lowest BCUT2D eigenvalue weighted by molar-refractivity contribution is -0.0191. The molecule has 0 spiro atoms. The average Bonchev–Trinajstić information content (AvgIpc) is 3.28. The zero-order valence-corrected chi connectivity index (χ0v) is 19.8. The van der Waals surface area contributed by atoms with E-state index in [4.69, 9.17) is 14.6 Å². The van der Waals surface area contributed by atoms with E-state index in [9.17, 15) is 0 Å². The lowest BCUT2D eigenvalue weighted by atomic mass is 9.96. The molecule has 164 valence electrons. The molecule has 3 aromatic rings. The first-order chi connectivity index (χ1) is 15.7. The van der Waals surface area contributed by atoms with Crippen LogP contribution in [0.4, 0.5) is 0 Å². The summed E-state index contributed by atoms with van der Waals surface area (Å²) in [6.07, 6.45) is 4.06. The van der Waals surface area contributed by atoms with Crippen LogP contribution in [0.15, 0.2) is 82.4 Å². The minimum absolute atomic E-state index is 0.140. The maximum atomic E-state index is 6.48. The molecule has 5 heteroatoms. The van der Waals surface area contributed by atoms with Crippen molar-refractivity contribution in [2.45, 2.75) is 44.9 Å². The Balaban J connectivity index is 1.44. The Morgan fingerprint density at radius 3 is 2.62 bits per heavy atom. The first-order valence-corrected chi connectivity index (χ1v) is 12.1. The van der Waals surface area contributed by atoms with Crippen LogP contribution >= 0.6 is 15.9 Å². The van der Waals surface area contributed by atoms with Gasteiger partial charge in [0.2, 0.25) is 6.23 Å². The third kappa shape index (κ3) is 4.26. The quantitative estimate of drug-likeness (QED) is 0.326. The Morgan fingerprint density at radius 1 is 1.03 bits per heavy atom. The van der Waals surface area contributed by atoms with Gasteiger partial charge >= 0.3 is 0 Å². The number of rotatable bonds is 7. The SMILES string of the molecule is CCCCCOc1ccc([C@@H]2Oc3ccc(Br)cc3[C@@H]3CC(c4ccccc4)=NN32)cc1. The number of hydrogen-bond donors (Lipinski definition) is 0. The predicted molar refractivity (Wildman–Crippen MR) is 131 cm³/mol. The number of ether oxygens (including phenoxy) is 2. The number of benzene rings is 3. The Kier molecular flexibility index (Phi) is 6.17. The van der Waals surface area contributed by atoms with E-state index in [-0.39, 0.29) is 12.3 Å². The molecule has 0 saturated carbocycles. The van der Waals surface area contributed by atoms with Gasteiger partial charge in [0.25, 0.3) is 0 Å². The van der Waals surface area contributed by atoms with Crippen molar-refractivity contribution in [3.63, 3.8) is 0 Å². The molecule has 0 saturated heterocycles. The number of halogens is 1. The second kappa shape index (κ2) is 9.37. The number of unbranched alkanes of at least 4 members (excludes halogenated alkanes) is 2. The molecule has 0 aliphatic carbocycles. The van der Waals surface area contributed by atoms with Gasteiger partial charge in [0.15, 0.2) is 0 Å². The highest BCUT2D eigenvalue weighted by Crippen LogP contribution is 2.48. The van der Waals surface area contributed by atoms with E-state index >= 15 is 0 Å². The second-order valence-electron chi connectivity index (χ2n) is 8.29. The van der Waals surface area contributed by atoms with E-state index in [1.165, 1.54) is 18.4 Å². The van der Waals surface area contributed by atoms with Crippen LogP contribution in [0, 0.1) is 0 Å². The molecule has 2 heterocycles. The van der Waals surface area contributed by atoms with Crippen LogP contribution in [-0.4, -0.2) is 17.3 Å². The summed E-state index contributed by atoms with van der Waals surface area (Å²) in [6, 6.07) is 25.1. The summed E-state index contributed by atoms with van der Waals surface area (Å²) in [7, 11) is 0. The van der Waals surface area contributed by atoms with E-state index in [2.05, 4.69) is 76.4 Å². The van der Waals surface area contributed by atoms with Crippen molar-refractivity contribution in [3.8, 4) is 11.5 Å². The molecule has 5 rings (SSSR count). The minimum atomic E-state index is -0.274. The van der Waals surface area contributed by atoms with Crippen molar-refractivity contribution in [2.75, 3.05) is 6.61 Å². The van der Waals surface area contributed by atoms with Crippen molar-refractivity contribution < 1.29 is 9.47 Å². The molecule has 2 atom stereocenters. The van der Waals surface area contributed by atoms with Crippen LogP contribution in [-0.2, 0) is 0 Å². The van der Waals surface area contributed by atoms with Gasteiger partial charge in [0.05, 0.1) is 18.4 Å². The third-order valence-corrected chi connectivity index (χ3v) is 6.53. The van der Waals surface area contributed by atoms with Gasteiger partial charge in [0, 0.05) is 22.0 Å². The zero-order chi connectivity index (χ0) is 21.9. The first kappa shape index (κ1) is 21.1. The zero-order valence-electron chi connectivity index (χ0n) is 18.2. The fraction of sp³-hybridized carbons (Fsp3) is 0.296. The molecule has 32 heavy (non-hydrogen) atoms. The summed E-state index contributed by atoms with van der Waals surface area (Å²) in [5.41, 5.74) is 4.49. The van der Waals surface area contributed by atoms with Crippen LogP contribution < -0.4 is 9.47 Å². The van der Waals surface area contributed by atoms with E-state index in [0.717, 1.165) is 52.3 Å². The molecule has 4 nitrogen and oxygen atoms in total. The summed E-state index contributed by atoms with van der Waals surface area (Å²) >= 11 is 3.62. The standard InChI is InChI=1S/C27H27BrN2O2/c1-2-3-7-16-31-22-13-10-20(11-14-22)27-30-25(23-17-21(28)12-15-26(23)32-27)18-24(29-30)19-8-5-4-6-9-19/h4-6,8-15,17,25,27H,2-3,7,16,18H2,1H3/t25-,27-/m0/s1. The lowest BCUT2D eigenvalue weighted by Crippen LogP contribution is -2.33. The van der Waals surface area contributed by atoms with Gasteiger partial charge in [-0.15, -0.1) is 0 Å². The smallest absolute Gasteiger partial charge is 0.213 e. The number of fused-ring (bicyclic) bond motifs is 3. The van der Waals surface area contributed by atoms with Gasteiger partial charge in [-0.3, -0.25) is 0 Å². The molecule has 0 amide bonds. The number of nitrogens with zero attached hydrogens (tertiary/aromatic N) is 2. The van der Waals surface area contributed by atoms with E-state index < -0.39 is 0 Å². The van der Waals surface area contributed by atoms with Gasteiger partial charge in [-0.1, -0.05) is 66.0 Å². The first-order valence-electron chi connectivity index (χ1n) is 11.3. The molecule has 3 aromatic carbocycles. The maximum absolute atomic E-state index is 6.48. The van der Waals surface area contributed by atoms with Crippen molar-refractivity contribution >= 4 is 21.6 Å². The van der Waals surface area contributed by atoms with Crippen LogP contribution in [0.2, 0.25) is 0 Å². The highest BCUT2D eigenvalue weighted by Gasteiger charge is 2.41. The molecule has 2 aliphatic rings. The molecular formula is C27H27BrN2O2. The normalized spacial score (nSPS) is 19.1. The molecule has 0 N–H and O–H groups in total. The minimum Gasteiger partial charge on any atom is -0.494 e. The summed E-state index contributed by atoms with van der Waals surface area (Å²) < 4.78 is 13.4. The van der Waals surface area contributed by atoms with Gasteiger partial charge < -0.3 is 9.47 Å². The Morgan fingerprint density at radius 2 is 1.84 bits per heavy atom. The highest BCUT2D eigenvalue weighted by molar-refractivity contribution is 9.10. The van der Waals surface area contributed by atoms with Gasteiger partial charge in [-0.2, -0.15) is 5.10 Å². The third-order valence-electron chi connectivity index (χ3n) is 6.04. The van der Waals surface area contributed by atoms with Crippen LogP contribution in [0.5, 0.6) is 11.5 Å². The summed E-state index contributed by atoms with van der Waals surface area (Å²) in [5, 5.41) is 7.16. The van der Waals surface area contributed by atoms with Crippen LogP contribution in [0.1, 0.15) is 61.6 Å². The van der Waals surface area contributed by atoms with Gasteiger partial charge in [-0.05, 0) is 54.4 Å². The largest absolute Gasteiger partial charge is 0.494 e. The topological polar surface area (TPSA) is 34.1 Å². The van der Waals surface area contributed by atoms with Crippen molar-refractivity contribution in [1.82, 2.24) is 5.01 Å². The molecule has 0 aromatic heterocycles. The van der Waals surface area contributed by atoms with Crippen LogP contribution in [0.25, 0.3) is 0 Å². The second-order valence-corrected chi connectivity index (χ2v) is 9.21. The number of hydrogen-bond acceptors (Lipinski definition) is 4. The summed E-state index contributed by atoms with van der Waals surface area (Å²) in [6.45, 7) is 2.96.